The van der Waals surface area contributed by atoms with Crippen molar-refractivity contribution in [2.45, 2.75) is 20.4 Å². The van der Waals surface area contributed by atoms with Gasteiger partial charge in [-0.2, -0.15) is 0 Å². The number of pyridine rings is 1. The Morgan fingerprint density at radius 1 is 0.949 bits per heavy atom. The quantitative estimate of drug-likeness (QED) is 0.157. The number of ether oxygens (including phenoxy) is 1. The lowest BCUT2D eigenvalue weighted by molar-refractivity contribution is 0.320. The van der Waals surface area contributed by atoms with Crippen LogP contribution in [0.2, 0.25) is 0 Å². The standard InChI is InChI=1S/C33H31FN4O/c1-4-5-16-35-17-19-39-27-13-14-28(24(3)20-27)26-11-9-25(10-12-26)21-38-18-15-30-31(22-38)37-33(36-30)29-8-6-7-23(2)32(29)34/h4-16,18,20,22,35H,1,17,19,21H2,2-3H3/b16-5-. The van der Waals surface area contributed by atoms with Crippen molar-refractivity contribution in [3.05, 3.63) is 127 Å². The van der Waals surface area contributed by atoms with Crippen molar-refractivity contribution in [2.24, 2.45) is 0 Å². The predicted molar refractivity (Wildman–Crippen MR) is 155 cm³/mol. The summed E-state index contributed by atoms with van der Waals surface area (Å²) >= 11 is 0. The van der Waals surface area contributed by atoms with Crippen LogP contribution in [0.3, 0.4) is 0 Å². The van der Waals surface area contributed by atoms with E-state index in [-0.39, 0.29) is 5.82 Å². The van der Waals surface area contributed by atoms with Gasteiger partial charge in [-0.25, -0.2) is 14.4 Å². The molecular weight excluding hydrogens is 487 g/mol. The van der Waals surface area contributed by atoms with E-state index in [9.17, 15) is 4.39 Å². The van der Waals surface area contributed by atoms with Crippen LogP contribution in [0.5, 0.6) is 5.75 Å². The van der Waals surface area contributed by atoms with Gasteiger partial charge in [-0.15, -0.1) is 0 Å². The van der Waals surface area contributed by atoms with E-state index in [2.05, 4.69) is 69.8 Å². The van der Waals surface area contributed by atoms with E-state index in [0.717, 1.165) is 34.8 Å². The highest BCUT2D eigenvalue weighted by molar-refractivity contribution is 5.69. The summed E-state index contributed by atoms with van der Waals surface area (Å²) in [5, 5.41) is 3.15. The highest BCUT2D eigenvalue weighted by Crippen LogP contribution is 2.29. The van der Waals surface area contributed by atoms with E-state index >= 15 is 0 Å². The number of nitrogens with zero attached hydrogens (tertiary/aromatic N) is 3. The van der Waals surface area contributed by atoms with Crippen molar-refractivity contribution in [3.63, 3.8) is 0 Å². The SMILES string of the molecule is C=C/C=C\NCCOc1ccc(-c2ccc(Cn3ccc4nc(-c5cccc(C)c5F)nc-4c3)cc2)c(C)c1. The van der Waals surface area contributed by atoms with E-state index in [4.69, 9.17) is 4.74 Å². The monoisotopic (exact) mass is 518 g/mol. The molecule has 0 saturated carbocycles. The molecule has 0 bridgehead atoms. The van der Waals surface area contributed by atoms with E-state index in [0.29, 0.717) is 30.1 Å². The molecule has 6 heteroatoms. The van der Waals surface area contributed by atoms with E-state index in [1.165, 1.54) is 11.1 Å². The Hall–Kier alpha value is -4.71. The molecule has 196 valence electrons. The number of rotatable bonds is 10. The van der Waals surface area contributed by atoms with Crippen LogP contribution in [0.4, 0.5) is 4.39 Å². The van der Waals surface area contributed by atoms with Gasteiger partial charge in [-0.1, -0.05) is 55.1 Å². The highest BCUT2D eigenvalue weighted by Gasteiger charge is 2.16. The third-order valence-corrected chi connectivity index (χ3v) is 6.55. The number of benzene rings is 3. The minimum Gasteiger partial charge on any atom is -0.492 e. The molecule has 0 atom stereocenters. The summed E-state index contributed by atoms with van der Waals surface area (Å²) in [6, 6.07) is 22.0. The predicted octanol–water partition coefficient (Wildman–Crippen LogP) is 7.19. The van der Waals surface area contributed by atoms with Gasteiger partial charge in [0.05, 0.1) is 11.3 Å². The fraction of sp³-hybridized carbons (Fsp3) is 0.152. The van der Waals surface area contributed by atoms with Crippen LogP contribution in [0, 0.1) is 19.7 Å². The van der Waals surface area contributed by atoms with Crippen LogP contribution in [0.15, 0.2) is 104 Å². The molecule has 0 amide bonds. The van der Waals surface area contributed by atoms with Gasteiger partial charge >= 0.3 is 0 Å². The largest absolute Gasteiger partial charge is 0.492 e. The Balaban J connectivity index is 1.25. The normalized spacial score (nSPS) is 11.3. The summed E-state index contributed by atoms with van der Waals surface area (Å²) in [7, 11) is 0. The lowest BCUT2D eigenvalue weighted by Crippen LogP contribution is -2.15. The first-order chi connectivity index (χ1) is 19.0. The first kappa shape index (κ1) is 25.9. The Morgan fingerprint density at radius 3 is 2.56 bits per heavy atom. The molecule has 2 aliphatic rings. The Labute approximate surface area is 228 Å². The molecule has 0 aromatic heterocycles. The molecule has 0 radical (unpaired) electrons. The average Bonchev–Trinajstić information content (AvgIpc) is 3.36. The summed E-state index contributed by atoms with van der Waals surface area (Å²) in [6.07, 6.45) is 9.37. The molecule has 3 aromatic rings. The molecular formula is C33H31FN4O. The third-order valence-electron chi connectivity index (χ3n) is 6.55. The first-order valence-corrected chi connectivity index (χ1v) is 12.9. The van der Waals surface area contributed by atoms with Crippen LogP contribution in [-0.4, -0.2) is 27.7 Å². The zero-order valence-corrected chi connectivity index (χ0v) is 22.2. The molecule has 3 aromatic carbocycles. The van der Waals surface area contributed by atoms with E-state index in [1.807, 2.05) is 42.9 Å². The Bertz CT molecular complexity index is 1590. The third kappa shape index (κ3) is 6.07. The number of aryl methyl sites for hydroxylation is 2. The molecule has 0 saturated heterocycles. The summed E-state index contributed by atoms with van der Waals surface area (Å²) in [5.41, 5.74) is 7.17. The smallest absolute Gasteiger partial charge is 0.163 e. The maximum absolute atomic E-state index is 14.6. The van der Waals surface area contributed by atoms with Gasteiger partial charge in [0.15, 0.2) is 5.82 Å². The van der Waals surface area contributed by atoms with E-state index in [1.54, 1.807) is 25.1 Å². The van der Waals surface area contributed by atoms with Crippen molar-refractivity contribution in [1.82, 2.24) is 19.9 Å². The fourth-order valence-corrected chi connectivity index (χ4v) is 4.49. The first-order valence-electron chi connectivity index (χ1n) is 12.9. The van der Waals surface area contributed by atoms with Gasteiger partial charge < -0.3 is 14.6 Å². The second kappa shape index (κ2) is 11.8. The number of nitrogens with one attached hydrogen (secondary N) is 1. The zero-order chi connectivity index (χ0) is 27.2. The molecule has 0 aliphatic carbocycles. The molecule has 0 fully saturated rings. The number of fused-ring (bicyclic) bond motifs is 1. The topological polar surface area (TPSA) is 52.0 Å². The van der Waals surface area contributed by atoms with Gasteiger partial charge in [0.25, 0.3) is 0 Å². The Morgan fingerprint density at radius 2 is 1.77 bits per heavy atom. The maximum atomic E-state index is 14.6. The average molecular weight is 519 g/mol. The Kier molecular flexibility index (Phi) is 7.83. The maximum Gasteiger partial charge on any atom is 0.163 e. The lowest BCUT2D eigenvalue weighted by Gasteiger charge is -2.12. The summed E-state index contributed by atoms with van der Waals surface area (Å²) in [5.74, 6) is 0.999. The number of hydrogen-bond donors (Lipinski definition) is 1. The van der Waals surface area contributed by atoms with Gasteiger partial charge in [0.2, 0.25) is 0 Å². The van der Waals surface area contributed by atoms with Gasteiger partial charge in [0, 0.05) is 25.5 Å². The van der Waals surface area contributed by atoms with Crippen LogP contribution < -0.4 is 10.1 Å². The zero-order valence-electron chi connectivity index (χ0n) is 22.2. The molecule has 5 rings (SSSR count). The molecule has 0 unspecified atom stereocenters. The van der Waals surface area contributed by atoms with E-state index < -0.39 is 0 Å². The minimum absolute atomic E-state index is 0.275. The number of imidazole rings is 1. The lowest BCUT2D eigenvalue weighted by atomic mass is 9.99. The highest BCUT2D eigenvalue weighted by atomic mass is 19.1. The van der Waals surface area contributed by atoms with Gasteiger partial charge in [-0.05, 0) is 78.2 Å². The van der Waals surface area contributed by atoms with Crippen LogP contribution >= 0.6 is 0 Å². The number of halogens is 1. The molecule has 0 spiro atoms. The molecule has 2 heterocycles. The summed E-state index contributed by atoms with van der Waals surface area (Å²) in [6.45, 7) is 9.49. The van der Waals surface area contributed by atoms with Crippen molar-refractivity contribution >= 4 is 0 Å². The van der Waals surface area contributed by atoms with Crippen molar-refractivity contribution in [1.29, 1.82) is 0 Å². The van der Waals surface area contributed by atoms with Crippen molar-refractivity contribution in [3.8, 4) is 39.7 Å². The van der Waals surface area contributed by atoms with Crippen LogP contribution in [0.1, 0.15) is 16.7 Å². The fourth-order valence-electron chi connectivity index (χ4n) is 4.49. The van der Waals surface area contributed by atoms with Gasteiger partial charge in [0.1, 0.15) is 23.9 Å². The van der Waals surface area contributed by atoms with Crippen molar-refractivity contribution < 1.29 is 9.13 Å². The summed E-state index contributed by atoms with van der Waals surface area (Å²) < 4.78 is 22.5. The molecule has 1 N–H and O–H groups in total. The second-order valence-electron chi connectivity index (χ2n) is 9.44. The molecule has 2 aliphatic heterocycles. The van der Waals surface area contributed by atoms with Gasteiger partial charge in [-0.3, -0.25) is 0 Å². The number of aromatic nitrogens is 3. The number of hydrogen-bond acceptors (Lipinski definition) is 4. The van der Waals surface area contributed by atoms with Crippen molar-refractivity contribution in [2.75, 3.05) is 13.2 Å². The van der Waals surface area contributed by atoms with Crippen LogP contribution in [-0.2, 0) is 6.54 Å². The molecule has 5 nitrogen and oxygen atoms in total. The number of allylic oxidation sites excluding steroid dienone is 2. The van der Waals surface area contributed by atoms with Crippen LogP contribution in [0.25, 0.3) is 33.9 Å². The minimum atomic E-state index is -0.275. The second-order valence-corrected chi connectivity index (χ2v) is 9.44. The molecule has 39 heavy (non-hydrogen) atoms. The summed E-state index contributed by atoms with van der Waals surface area (Å²) in [4.78, 5) is 9.14.